The monoisotopic (exact) mass is 173 g/mol. The number of nitrogens with one attached hydrogen (secondary N) is 1. The molecule has 0 aliphatic heterocycles. The highest BCUT2D eigenvalue weighted by Crippen LogP contribution is 1.88. The van der Waals surface area contributed by atoms with Crippen LogP contribution in [0, 0.1) is 0 Å². The van der Waals surface area contributed by atoms with Gasteiger partial charge in [-0.1, -0.05) is 5.57 Å². The molecule has 0 aromatic heterocycles. The van der Waals surface area contributed by atoms with Gasteiger partial charge in [0.15, 0.2) is 0 Å². The summed E-state index contributed by atoms with van der Waals surface area (Å²) < 4.78 is 4.81. The molecule has 0 amide bonds. The van der Waals surface area contributed by atoms with E-state index in [-0.39, 0.29) is 0 Å². The Morgan fingerprint density at radius 3 is 2.83 bits per heavy atom. The number of methoxy groups -OCH3 is 1. The van der Waals surface area contributed by atoms with E-state index < -0.39 is 5.97 Å². The average Bonchev–Trinajstić information content (AvgIpc) is 1.97. The summed E-state index contributed by atoms with van der Waals surface area (Å²) >= 11 is 0. The van der Waals surface area contributed by atoms with E-state index in [1.807, 2.05) is 0 Å². The number of carboxylic acids is 1. The Labute approximate surface area is 72.2 Å². The third-order valence-corrected chi connectivity index (χ3v) is 1.26. The van der Waals surface area contributed by atoms with Crippen LogP contribution < -0.4 is 5.32 Å². The summed E-state index contributed by atoms with van der Waals surface area (Å²) in [7, 11) is 1.63. The van der Waals surface area contributed by atoms with Gasteiger partial charge in [0.2, 0.25) is 0 Å². The molecule has 0 aromatic rings. The fourth-order valence-electron chi connectivity index (χ4n) is 0.722. The minimum Gasteiger partial charge on any atom is -0.478 e. The Morgan fingerprint density at radius 1 is 1.67 bits per heavy atom. The molecule has 2 N–H and O–H groups in total. The van der Waals surface area contributed by atoms with Crippen LogP contribution in [0.1, 0.15) is 6.92 Å². The minimum atomic E-state index is -0.902. The van der Waals surface area contributed by atoms with Crippen molar-refractivity contribution in [1.29, 1.82) is 0 Å². The first-order valence-corrected chi connectivity index (χ1v) is 3.76. The summed E-state index contributed by atoms with van der Waals surface area (Å²) in [5, 5.41) is 11.4. The molecule has 12 heavy (non-hydrogen) atoms. The normalized spacial score (nSPS) is 11.7. The van der Waals surface area contributed by atoms with E-state index in [0.29, 0.717) is 13.2 Å². The molecular weight excluding hydrogens is 158 g/mol. The molecule has 4 nitrogen and oxygen atoms in total. The van der Waals surface area contributed by atoms with Crippen molar-refractivity contribution in [3.63, 3.8) is 0 Å². The first-order valence-electron chi connectivity index (χ1n) is 3.76. The highest BCUT2D eigenvalue weighted by molar-refractivity contribution is 5.80. The lowest BCUT2D eigenvalue weighted by molar-refractivity contribution is -0.131. The number of carbonyl (C=O) groups is 1. The average molecular weight is 173 g/mol. The maximum Gasteiger partial charge on any atom is 0.328 e. The molecule has 0 rings (SSSR count). The molecule has 0 unspecified atom stereocenters. The summed E-state index contributed by atoms with van der Waals surface area (Å²) in [6.07, 6.45) is 1.19. The predicted molar refractivity (Wildman–Crippen MR) is 46.1 cm³/mol. The first-order chi connectivity index (χ1) is 5.66. The van der Waals surface area contributed by atoms with E-state index in [0.717, 1.165) is 12.1 Å². The predicted octanol–water partition coefficient (Wildman–Crippen LogP) is 0.253. The van der Waals surface area contributed by atoms with Crippen molar-refractivity contribution in [3.05, 3.63) is 11.6 Å². The Balaban J connectivity index is 3.43. The summed E-state index contributed by atoms with van der Waals surface area (Å²) in [5.41, 5.74) is 0.804. The van der Waals surface area contributed by atoms with Crippen LogP contribution in [-0.4, -0.2) is 37.9 Å². The van der Waals surface area contributed by atoms with Gasteiger partial charge in [-0.25, -0.2) is 4.79 Å². The van der Waals surface area contributed by atoms with Gasteiger partial charge in [0, 0.05) is 26.3 Å². The highest BCUT2D eigenvalue weighted by atomic mass is 16.5. The topological polar surface area (TPSA) is 58.6 Å². The van der Waals surface area contributed by atoms with Crippen molar-refractivity contribution in [2.45, 2.75) is 6.92 Å². The molecule has 0 aromatic carbocycles. The Hall–Kier alpha value is -0.870. The van der Waals surface area contributed by atoms with Crippen molar-refractivity contribution in [3.8, 4) is 0 Å². The molecule has 0 aliphatic rings. The van der Waals surface area contributed by atoms with Crippen LogP contribution in [0.5, 0.6) is 0 Å². The first kappa shape index (κ1) is 11.1. The fourth-order valence-corrected chi connectivity index (χ4v) is 0.722. The number of carboxylic acid groups (broad SMARTS) is 1. The molecule has 4 heteroatoms. The fraction of sp³-hybridized carbons (Fsp3) is 0.625. The van der Waals surface area contributed by atoms with Gasteiger partial charge in [0.25, 0.3) is 0 Å². The number of aliphatic carboxylic acids is 1. The lowest BCUT2D eigenvalue weighted by Gasteiger charge is -2.02. The van der Waals surface area contributed by atoms with E-state index in [9.17, 15) is 4.79 Å². The lowest BCUT2D eigenvalue weighted by atomic mass is 10.3. The van der Waals surface area contributed by atoms with Crippen molar-refractivity contribution < 1.29 is 14.6 Å². The zero-order valence-electron chi connectivity index (χ0n) is 7.46. The highest BCUT2D eigenvalue weighted by Gasteiger charge is 1.93. The van der Waals surface area contributed by atoms with Gasteiger partial charge in [-0.2, -0.15) is 0 Å². The van der Waals surface area contributed by atoms with Gasteiger partial charge in [0.1, 0.15) is 0 Å². The quantitative estimate of drug-likeness (QED) is 0.446. The molecule has 0 atom stereocenters. The maximum absolute atomic E-state index is 10.2. The molecular formula is C8H15NO3. The zero-order valence-corrected chi connectivity index (χ0v) is 7.46. The van der Waals surface area contributed by atoms with Crippen LogP contribution in [-0.2, 0) is 9.53 Å². The van der Waals surface area contributed by atoms with E-state index in [2.05, 4.69) is 5.32 Å². The van der Waals surface area contributed by atoms with E-state index >= 15 is 0 Å². The second kappa shape index (κ2) is 6.82. The smallest absolute Gasteiger partial charge is 0.328 e. The van der Waals surface area contributed by atoms with Crippen LogP contribution in [0.4, 0.5) is 0 Å². The maximum atomic E-state index is 10.2. The Bertz CT molecular complexity index is 166. The number of hydrogen-bond donors (Lipinski definition) is 2. The third-order valence-electron chi connectivity index (χ3n) is 1.26. The molecule has 0 fully saturated rings. The van der Waals surface area contributed by atoms with Gasteiger partial charge >= 0.3 is 5.97 Å². The van der Waals surface area contributed by atoms with Crippen molar-refractivity contribution in [2.24, 2.45) is 0 Å². The van der Waals surface area contributed by atoms with Gasteiger partial charge in [0.05, 0.1) is 6.61 Å². The van der Waals surface area contributed by atoms with Crippen LogP contribution in [0.15, 0.2) is 11.6 Å². The minimum absolute atomic E-state index is 0.593. The Kier molecular flexibility index (Phi) is 6.32. The Morgan fingerprint density at radius 2 is 2.33 bits per heavy atom. The molecule has 0 spiro atoms. The third kappa shape index (κ3) is 7.24. The van der Waals surface area contributed by atoms with Crippen LogP contribution in [0.25, 0.3) is 0 Å². The van der Waals surface area contributed by atoms with Crippen LogP contribution >= 0.6 is 0 Å². The molecule has 70 valence electrons. The summed E-state index contributed by atoms with van der Waals surface area (Å²) in [4.78, 5) is 10.2. The number of rotatable bonds is 6. The standard InChI is InChI=1S/C8H15NO3/c1-7(5-8(10)11)6-9-3-4-12-2/h5,9H,3-4,6H2,1-2H3,(H,10,11). The van der Waals surface area contributed by atoms with Crippen molar-refractivity contribution in [1.82, 2.24) is 5.32 Å². The van der Waals surface area contributed by atoms with Crippen molar-refractivity contribution >= 4 is 5.97 Å². The van der Waals surface area contributed by atoms with Crippen molar-refractivity contribution in [2.75, 3.05) is 26.8 Å². The lowest BCUT2D eigenvalue weighted by Crippen LogP contribution is -2.21. The van der Waals surface area contributed by atoms with Gasteiger partial charge in [-0.15, -0.1) is 0 Å². The SMILES string of the molecule is COCCNCC(C)=CC(=O)O. The van der Waals surface area contributed by atoms with Gasteiger partial charge < -0.3 is 15.2 Å². The summed E-state index contributed by atoms with van der Waals surface area (Å²) in [5.74, 6) is -0.902. The summed E-state index contributed by atoms with van der Waals surface area (Å²) in [6.45, 7) is 3.74. The molecule has 0 saturated heterocycles. The van der Waals surface area contributed by atoms with E-state index in [1.54, 1.807) is 14.0 Å². The second-order valence-corrected chi connectivity index (χ2v) is 2.50. The van der Waals surface area contributed by atoms with Crippen LogP contribution in [0.3, 0.4) is 0 Å². The molecule has 0 radical (unpaired) electrons. The molecule has 0 heterocycles. The number of ether oxygens (including phenoxy) is 1. The number of hydrogen-bond acceptors (Lipinski definition) is 3. The largest absolute Gasteiger partial charge is 0.478 e. The van der Waals surface area contributed by atoms with Crippen LogP contribution in [0.2, 0.25) is 0 Å². The van der Waals surface area contributed by atoms with E-state index in [1.165, 1.54) is 6.08 Å². The molecule has 0 aliphatic carbocycles. The second-order valence-electron chi connectivity index (χ2n) is 2.50. The zero-order chi connectivity index (χ0) is 9.40. The van der Waals surface area contributed by atoms with Gasteiger partial charge in [-0.3, -0.25) is 0 Å². The molecule has 0 bridgehead atoms. The van der Waals surface area contributed by atoms with E-state index in [4.69, 9.17) is 9.84 Å². The molecule has 0 saturated carbocycles. The van der Waals surface area contributed by atoms with Gasteiger partial charge in [-0.05, 0) is 6.92 Å². The summed E-state index contributed by atoms with van der Waals surface area (Å²) in [6, 6.07) is 0.